The second kappa shape index (κ2) is 4.53. The smallest absolute Gasteiger partial charge is 0.311 e. The van der Waals surface area contributed by atoms with E-state index >= 15 is 0 Å². The number of fused-ring (bicyclic) bond motifs is 1. The molecule has 0 saturated carbocycles. The molecule has 0 aliphatic heterocycles. The summed E-state index contributed by atoms with van der Waals surface area (Å²) in [5.41, 5.74) is 1.29. The van der Waals surface area contributed by atoms with E-state index in [2.05, 4.69) is 4.98 Å². The highest BCUT2D eigenvalue weighted by atomic mass is 19.1. The van der Waals surface area contributed by atoms with Gasteiger partial charge in [-0.05, 0) is 24.6 Å². The zero-order valence-electron chi connectivity index (χ0n) is 9.48. The van der Waals surface area contributed by atoms with Crippen LogP contribution in [0.15, 0.2) is 18.2 Å². The highest BCUT2D eigenvalue weighted by molar-refractivity contribution is 5.78. The molecule has 0 saturated heterocycles. The normalized spacial score (nSPS) is 10.9. The van der Waals surface area contributed by atoms with Gasteiger partial charge in [0.05, 0.1) is 11.0 Å². The van der Waals surface area contributed by atoms with E-state index in [1.807, 2.05) is 6.92 Å². The Morgan fingerprint density at radius 1 is 1.53 bits per heavy atom. The molecular weight excluding hydrogens is 223 g/mol. The van der Waals surface area contributed by atoms with Gasteiger partial charge in [-0.25, -0.2) is 9.37 Å². The standard InChI is InChI=1S/C12H13FN2O2/c1-2-5-15-10-6-8(13)3-4-9(10)14-11(15)7-12(16)17/h3-4,6H,2,5,7H2,1H3,(H,16,17). The number of hydrogen-bond acceptors (Lipinski definition) is 2. The molecule has 0 aliphatic rings. The van der Waals surface area contributed by atoms with Gasteiger partial charge in [0, 0.05) is 6.54 Å². The number of halogens is 1. The fourth-order valence-electron chi connectivity index (χ4n) is 1.89. The lowest BCUT2D eigenvalue weighted by atomic mass is 10.3. The molecule has 2 rings (SSSR count). The van der Waals surface area contributed by atoms with Crippen molar-refractivity contribution >= 4 is 17.0 Å². The predicted molar refractivity (Wildman–Crippen MR) is 61.3 cm³/mol. The van der Waals surface area contributed by atoms with Crippen LogP contribution >= 0.6 is 0 Å². The van der Waals surface area contributed by atoms with Crippen LogP contribution in [-0.2, 0) is 17.8 Å². The highest BCUT2D eigenvalue weighted by Gasteiger charge is 2.13. The number of carboxylic acid groups (broad SMARTS) is 1. The second-order valence-electron chi connectivity index (χ2n) is 3.88. The number of aliphatic carboxylic acids is 1. The van der Waals surface area contributed by atoms with Crippen molar-refractivity contribution in [3.63, 3.8) is 0 Å². The molecule has 1 N–H and O–H groups in total. The van der Waals surface area contributed by atoms with Gasteiger partial charge >= 0.3 is 5.97 Å². The number of aromatic nitrogens is 2. The maximum absolute atomic E-state index is 13.2. The molecule has 0 fully saturated rings. The minimum Gasteiger partial charge on any atom is -0.481 e. The lowest BCUT2D eigenvalue weighted by Gasteiger charge is -2.05. The number of nitrogens with zero attached hydrogens (tertiary/aromatic N) is 2. The Morgan fingerprint density at radius 3 is 2.94 bits per heavy atom. The van der Waals surface area contributed by atoms with Gasteiger partial charge < -0.3 is 9.67 Å². The third-order valence-corrected chi connectivity index (χ3v) is 2.55. The van der Waals surface area contributed by atoms with E-state index in [1.54, 1.807) is 10.6 Å². The number of carboxylic acids is 1. The molecule has 1 heterocycles. The molecule has 0 unspecified atom stereocenters. The van der Waals surface area contributed by atoms with E-state index in [9.17, 15) is 9.18 Å². The minimum atomic E-state index is -0.932. The van der Waals surface area contributed by atoms with Crippen molar-refractivity contribution in [2.45, 2.75) is 26.3 Å². The second-order valence-corrected chi connectivity index (χ2v) is 3.88. The van der Waals surface area contributed by atoms with Crippen molar-refractivity contribution in [1.29, 1.82) is 0 Å². The van der Waals surface area contributed by atoms with E-state index < -0.39 is 5.97 Å². The first-order valence-corrected chi connectivity index (χ1v) is 5.48. The minimum absolute atomic E-state index is 0.143. The average molecular weight is 236 g/mol. The Hall–Kier alpha value is -1.91. The lowest BCUT2D eigenvalue weighted by Crippen LogP contribution is -2.09. The quantitative estimate of drug-likeness (QED) is 0.885. The summed E-state index contributed by atoms with van der Waals surface area (Å²) in [6.07, 6.45) is 0.699. The fourth-order valence-corrected chi connectivity index (χ4v) is 1.89. The van der Waals surface area contributed by atoms with E-state index in [-0.39, 0.29) is 12.2 Å². The summed E-state index contributed by atoms with van der Waals surface area (Å²) in [5, 5.41) is 8.81. The Morgan fingerprint density at radius 2 is 2.29 bits per heavy atom. The Kier molecular flexibility index (Phi) is 3.08. The first kappa shape index (κ1) is 11.6. The van der Waals surface area contributed by atoms with E-state index in [4.69, 9.17) is 5.11 Å². The van der Waals surface area contributed by atoms with Gasteiger partial charge in [0.2, 0.25) is 0 Å². The van der Waals surface area contributed by atoms with Crippen molar-refractivity contribution in [1.82, 2.24) is 9.55 Å². The molecule has 0 atom stereocenters. The van der Waals surface area contributed by atoms with Crippen LogP contribution in [0.5, 0.6) is 0 Å². The third-order valence-electron chi connectivity index (χ3n) is 2.55. The molecular formula is C12H13FN2O2. The van der Waals surface area contributed by atoms with Crippen molar-refractivity contribution in [2.75, 3.05) is 0 Å². The van der Waals surface area contributed by atoms with Gasteiger partial charge in [0.15, 0.2) is 0 Å². The summed E-state index contributed by atoms with van der Waals surface area (Å²) in [4.78, 5) is 15.0. The van der Waals surface area contributed by atoms with Gasteiger partial charge in [-0.1, -0.05) is 6.92 Å². The zero-order valence-corrected chi connectivity index (χ0v) is 9.48. The molecule has 0 bridgehead atoms. The van der Waals surface area contributed by atoms with Crippen LogP contribution in [0.2, 0.25) is 0 Å². The number of rotatable bonds is 4. The first-order valence-electron chi connectivity index (χ1n) is 5.48. The molecule has 1 aromatic heterocycles. The molecule has 4 nitrogen and oxygen atoms in total. The molecule has 0 radical (unpaired) electrons. The van der Waals surface area contributed by atoms with Gasteiger partial charge in [0.25, 0.3) is 0 Å². The Balaban J connectivity index is 2.58. The molecule has 5 heteroatoms. The molecule has 0 spiro atoms. The summed E-state index contributed by atoms with van der Waals surface area (Å²) in [6, 6.07) is 4.29. The number of benzene rings is 1. The first-order chi connectivity index (χ1) is 8.11. The fraction of sp³-hybridized carbons (Fsp3) is 0.333. The van der Waals surface area contributed by atoms with Crippen LogP contribution in [0.25, 0.3) is 11.0 Å². The number of aryl methyl sites for hydroxylation is 1. The Bertz CT molecular complexity index is 563. The maximum atomic E-state index is 13.2. The van der Waals surface area contributed by atoms with Crippen molar-refractivity contribution < 1.29 is 14.3 Å². The van der Waals surface area contributed by atoms with Crippen LogP contribution in [-0.4, -0.2) is 20.6 Å². The SMILES string of the molecule is CCCn1c(CC(=O)O)nc2ccc(F)cc21. The van der Waals surface area contributed by atoms with E-state index in [0.717, 1.165) is 6.42 Å². The van der Waals surface area contributed by atoms with E-state index in [1.165, 1.54) is 12.1 Å². The molecule has 0 amide bonds. The Labute approximate surface area is 97.7 Å². The molecule has 1 aromatic carbocycles. The van der Waals surface area contributed by atoms with Crippen molar-refractivity contribution in [2.24, 2.45) is 0 Å². The van der Waals surface area contributed by atoms with Gasteiger partial charge in [-0.3, -0.25) is 4.79 Å². The van der Waals surface area contributed by atoms with E-state index in [0.29, 0.717) is 23.4 Å². The van der Waals surface area contributed by atoms with Gasteiger partial charge in [0.1, 0.15) is 18.1 Å². The van der Waals surface area contributed by atoms with Gasteiger partial charge in [-0.15, -0.1) is 0 Å². The summed E-state index contributed by atoms with van der Waals surface area (Å²) in [6.45, 7) is 2.62. The summed E-state index contributed by atoms with van der Waals surface area (Å²) in [5.74, 6) is -0.797. The van der Waals surface area contributed by atoms with Crippen LogP contribution in [0.1, 0.15) is 19.2 Å². The summed E-state index contributed by atoms with van der Waals surface area (Å²) < 4.78 is 14.9. The van der Waals surface area contributed by atoms with Crippen LogP contribution in [0, 0.1) is 5.82 Å². The molecule has 17 heavy (non-hydrogen) atoms. The third kappa shape index (κ3) is 2.27. The number of imidazole rings is 1. The highest BCUT2D eigenvalue weighted by Crippen LogP contribution is 2.18. The molecule has 0 aliphatic carbocycles. The van der Waals surface area contributed by atoms with Crippen molar-refractivity contribution in [3.8, 4) is 0 Å². The van der Waals surface area contributed by atoms with Crippen LogP contribution in [0.4, 0.5) is 4.39 Å². The topological polar surface area (TPSA) is 55.1 Å². The number of hydrogen-bond donors (Lipinski definition) is 1. The zero-order chi connectivity index (χ0) is 12.4. The predicted octanol–water partition coefficient (Wildman–Crippen LogP) is 2.21. The van der Waals surface area contributed by atoms with Crippen molar-refractivity contribution in [3.05, 3.63) is 29.8 Å². The summed E-state index contributed by atoms with van der Waals surface area (Å²) in [7, 11) is 0. The molecule has 2 aromatic rings. The monoisotopic (exact) mass is 236 g/mol. The summed E-state index contributed by atoms with van der Waals surface area (Å²) >= 11 is 0. The van der Waals surface area contributed by atoms with Gasteiger partial charge in [-0.2, -0.15) is 0 Å². The number of carbonyl (C=O) groups is 1. The largest absolute Gasteiger partial charge is 0.481 e. The maximum Gasteiger partial charge on any atom is 0.311 e. The molecule has 90 valence electrons. The van der Waals surface area contributed by atoms with Crippen LogP contribution in [0.3, 0.4) is 0 Å². The van der Waals surface area contributed by atoms with Crippen LogP contribution < -0.4 is 0 Å². The average Bonchev–Trinajstić information content (AvgIpc) is 2.57. The lowest BCUT2D eigenvalue weighted by molar-refractivity contribution is -0.136.